The number of rotatable bonds is 6. The molecule has 3 amide bonds. The summed E-state index contributed by atoms with van der Waals surface area (Å²) in [6.45, 7) is 5.06. The second kappa shape index (κ2) is 8.88. The summed E-state index contributed by atoms with van der Waals surface area (Å²) in [6.07, 6.45) is 6.50. The molecule has 4 rings (SSSR count). The monoisotopic (exact) mass is 411 g/mol. The van der Waals surface area contributed by atoms with Gasteiger partial charge in [0.05, 0.1) is 5.41 Å². The Balaban J connectivity index is 1.28. The minimum absolute atomic E-state index is 0.0724. The Labute approximate surface area is 179 Å². The van der Waals surface area contributed by atoms with Gasteiger partial charge in [-0.15, -0.1) is 0 Å². The van der Waals surface area contributed by atoms with Gasteiger partial charge in [0.25, 0.3) is 0 Å². The number of fused-ring (bicyclic) bond motifs is 1. The van der Waals surface area contributed by atoms with E-state index >= 15 is 0 Å². The molecule has 0 bridgehead atoms. The van der Waals surface area contributed by atoms with Gasteiger partial charge in [-0.25, -0.2) is 0 Å². The van der Waals surface area contributed by atoms with Crippen LogP contribution in [0.25, 0.3) is 0 Å². The average Bonchev–Trinajstić information content (AvgIpc) is 3.00. The molecule has 3 aliphatic heterocycles. The first kappa shape index (κ1) is 21.0. The fourth-order valence-corrected chi connectivity index (χ4v) is 5.50. The average molecular weight is 412 g/mol. The van der Waals surface area contributed by atoms with Gasteiger partial charge in [0.15, 0.2) is 0 Å². The van der Waals surface area contributed by atoms with E-state index in [4.69, 9.17) is 0 Å². The van der Waals surface area contributed by atoms with Crippen LogP contribution in [0.1, 0.15) is 57.4 Å². The zero-order valence-electron chi connectivity index (χ0n) is 17.9. The number of imide groups is 1. The molecule has 0 spiro atoms. The van der Waals surface area contributed by atoms with Crippen LogP contribution in [-0.2, 0) is 19.8 Å². The lowest BCUT2D eigenvalue weighted by atomic mass is 9.81. The molecule has 0 saturated carbocycles. The zero-order valence-corrected chi connectivity index (χ0v) is 17.9. The topological polar surface area (TPSA) is 69.7 Å². The number of amides is 3. The van der Waals surface area contributed by atoms with E-state index < -0.39 is 5.41 Å². The maximum Gasteiger partial charge on any atom is 0.240 e. The smallest absolute Gasteiger partial charge is 0.240 e. The Hall–Kier alpha value is -2.21. The Morgan fingerprint density at radius 1 is 1.10 bits per heavy atom. The summed E-state index contributed by atoms with van der Waals surface area (Å²) in [4.78, 5) is 41.8. The number of hydrogen-bond acceptors (Lipinski definition) is 4. The normalized spacial score (nSPS) is 29.7. The summed E-state index contributed by atoms with van der Waals surface area (Å²) >= 11 is 0. The fourth-order valence-electron chi connectivity index (χ4n) is 5.50. The summed E-state index contributed by atoms with van der Waals surface area (Å²) < 4.78 is 0. The number of benzene rings is 1. The molecule has 162 valence electrons. The Morgan fingerprint density at radius 2 is 1.87 bits per heavy atom. The molecule has 1 aromatic rings. The van der Waals surface area contributed by atoms with Gasteiger partial charge in [-0.3, -0.25) is 19.3 Å². The highest BCUT2D eigenvalue weighted by atomic mass is 16.2. The lowest BCUT2D eigenvalue weighted by Crippen LogP contribution is -2.51. The van der Waals surface area contributed by atoms with Crippen molar-refractivity contribution in [1.82, 2.24) is 15.1 Å². The minimum Gasteiger partial charge on any atom is -0.356 e. The highest BCUT2D eigenvalue weighted by molar-refractivity contribution is 6.09. The second-order valence-corrected chi connectivity index (χ2v) is 9.28. The van der Waals surface area contributed by atoms with Crippen molar-refractivity contribution in [2.75, 3.05) is 26.2 Å². The lowest BCUT2D eigenvalue weighted by Gasteiger charge is -2.44. The van der Waals surface area contributed by atoms with Gasteiger partial charge in [0.2, 0.25) is 17.7 Å². The van der Waals surface area contributed by atoms with E-state index in [1.54, 1.807) is 0 Å². The number of carbonyl (C=O) groups excluding carboxylic acids is 3. The van der Waals surface area contributed by atoms with Gasteiger partial charge >= 0.3 is 0 Å². The van der Waals surface area contributed by atoms with E-state index in [0.717, 1.165) is 5.56 Å². The predicted molar refractivity (Wildman–Crippen MR) is 115 cm³/mol. The molecule has 0 aromatic heterocycles. The van der Waals surface area contributed by atoms with E-state index in [1.165, 1.54) is 50.1 Å². The summed E-state index contributed by atoms with van der Waals surface area (Å²) in [6, 6.07) is 10.0. The molecule has 0 aliphatic carbocycles. The summed E-state index contributed by atoms with van der Waals surface area (Å²) in [5, 5.41) is 3.08. The van der Waals surface area contributed by atoms with E-state index in [2.05, 4.69) is 10.2 Å². The third-order valence-corrected chi connectivity index (χ3v) is 7.29. The molecule has 3 saturated heterocycles. The van der Waals surface area contributed by atoms with Gasteiger partial charge in [-0.1, -0.05) is 36.8 Å². The Bertz CT molecular complexity index is 794. The summed E-state index contributed by atoms with van der Waals surface area (Å²) in [5.41, 5.74) is 0.0195. The quantitative estimate of drug-likeness (QED) is 0.730. The fraction of sp³-hybridized carbons (Fsp3) is 0.625. The standard InChI is InChI=1S/C24H33N3O3/c1-24(19-9-3-2-4-10-19)16-22(29)27(23(24)30)15-12-21(28)25-17-18-8-7-14-26-13-6-5-11-20(18)26/h2-4,9-10,18,20H,5-8,11-17H2,1H3,(H,25,28)/t18-,20+,24?/m0/s1. The number of carbonyl (C=O) groups is 3. The van der Waals surface area contributed by atoms with Gasteiger partial charge in [0, 0.05) is 32.0 Å². The van der Waals surface area contributed by atoms with Crippen molar-refractivity contribution < 1.29 is 14.4 Å². The van der Waals surface area contributed by atoms with E-state index in [0.29, 0.717) is 18.5 Å². The number of likely N-dealkylation sites (tertiary alicyclic amines) is 1. The number of nitrogens with zero attached hydrogens (tertiary/aromatic N) is 2. The molecule has 1 unspecified atom stereocenters. The summed E-state index contributed by atoms with van der Waals surface area (Å²) in [5.74, 6) is 0.0529. The summed E-state index contributed by atoms with van der Waals surface area (Å²) in [7, 11) is 0. The van der Waals surface area contributed by atoms with Gasteiger partial charge in [-0.05, 0) is 57.2 Å². The molecule has 3 atom stereocenters. The molecule has 1 N–H and O–H groups in total. The van der Waals surface area contributed by atoms with E-state index in [-0.39, 0.29) is 37.1 Å². The molecule has 6 heteroatoms. The van der Waals surface area contributed by atoms with Crippen molar-refractivity contribution in [2.45, 2.75) is 63.3 Å². The predicted octanol–water partition coefficient (Wildman–Crippen LogP) is 2.47. The minimum atomic E-state index is -0.832. The van der Waals surface area contributed by atoms with Crippen LogP contribution in [0.4, 0.5) is 0 Å². The molecular formula is C24H33N3O3. The first-order chi connectivity index (χ1) is 14.5. The first-order valence-electron chi connectivity index (χ1n) is 11.4. The van der Waals surface area contributed by atoms with Crippen molar-refractivity contribution in [2.24, 2.45) is 5.92 Å². The SMILES string of the molecule is CC1(c2ccccc2)CC(=O)N(CCC(=O)NC[C@@H]2CCCN3CCCC[C@H]23)C1=O. The zero-order chi connectivity index (χ0) is 21.1. The molecular weight excluding hydrogens is 378 g/mol. The van der Waals surface area contributed by atoms with E-state index in [9.17, 15) is 14.4 Å². The lowest BCUT2D eigenvalue weighted by molar-refractivity contribution is -0.140. The number of nitrogens with one attached hydrogen (secondary N) is 1. The Kier molecular flexibility index (Phi) is 6.23. The third-order valence-electron chi connectivity index (χ3n) is 7.29. The number of hydrogen-bond donors (Lipinski definition) is 1. The molecule has 1 aromatic carbocycles. The van der Waals surface area contributed by atoms with Crippen LogP contribution < -0.4 is 5.32 Å². The highest BCUT2D eigenvalue weighted by Gasteiger charge is 2.49. The van der Waals surface area contributed by atoms with Gasteiger partial charge in [-0.2, -0.15) is 0 Å². The van der Waals surface area contributed by atoms with Crippen LogP contribution in [0.15, 0.2) is 30.3 Å². The van der Waals surface area contributed by atoms with Gasteiger partial charge in [0.1, 0.15) is 0 Å². The third kappa shape index (κ3) is 4.15. The molecule has 30 heavy (non-hydrogen) atoms. The van der Waals surface area contributed by atoms with Crippen LogP contribution in [0.5, 0.6) is 0 Å². The second-order valence-electron chi connectivity index (χ2n) is 9.28. The van der Waals surface area contributed by atoms with Crippen LogP contribution in [0, 0.1) is 5.92 Å². The Morgan fingerprint density at radius 3 is 2.67 bits per heavy atom. The molecule has 0 radical (unpaired) electrons. The number of piperidine rings is 2. The molecule has 3 fully saturated rings. The maximum absolute atomic E-state index is 13.0. The molecule has 3 heterocycles. The van der Waals surface area contributed by atoms with E-state index in [1.807, 2.05) is 37.3 Å². The molecule has 3 aliphatic rings. The van der Waals surface area contributed by atoms with Crippen molar-refractivity contribution >= 4 is 17.7 Å². The highest BCUT2D eigenvalue weighted by Crippen LogP contribution is 2.36. The molecule has 6 nitrogen and oxygen atoms in total. The van der Waals surface area contributed by atoms with Crippen molar-refractivity contribution in [3.63, 3.8) is 0 Å². The van der Waals surface area contributed by atoms with Gasteiger partial charge < -0.3 is 10.2 Å². The largest absolute Gasteiger partial charge is 0.356 e. The van der Waals surface area contributed by atoms with Crippen LogP contribution >= 0.6 is 0 Å². The van der Waals surface area contributed by atoms with Crippen LogP contribution in [0.3, 0.4) is 0 Å². The van der Waals surface area contributed by atoms with Crippen LogP contribution in [-0.4, -0.2) is 59.7 Å². The maximum atomic E-state index is 13.0. The van der Waals surface area contributed by atoms with Crippen molar-refractivity contribution in [3.8, 4) is 0 Å². The first-order valence-corrected chi connectivity index (χ1v) is 11.4. The van der Waals surface area contributed by atoms with Crippen molar-refractivity contribution in [3.05, 3.63) is 35.9 Å². The van der Waals surface area contributed by atoms with Crippen molar-refractivity contribution in [1.29, 1.82) is 0 Å². The van der Waals surface area contributed by atoms with Crippen LogP contribution in [0.2, 0.25) is 0 Å².